The van der Waals surface area contributed by atoms with Gasteiger partial charge in [0.15, 0.2) is 0 Å². The van der Waals surface area contributed by atoms with Crippen LogP contribution >= 0.6 is 0 Å². The van der Waals surface area contributed by atoms with Crippen molar-refractivity contribution in [3.05, 3.63) is 17.3 Å². The Balaban J connectivity index is 3.30. The van der Waals surface area contributed by atoms with Crippen LogP contribution in [-0.4, -0.2) is 4.98 Å². The van der Waals surface area contributed by atoms with Gasteiger partial charge in [-0.2, -0.15) is 0 Å². The average Bonchev–Trinajstić information content (AvgIpc) is 2.04. The maximum Gasteiger partial charge on any atom is 0.269 e. The normalized spacial score (nSPS) is 10.8. The molecule has 0 saturated heterocycles. The molecule has 0 aliphatic heterocycles. The van der Waals surface area contributed by atoms with Gasteiger partial charge in [0.05, 0.1) is 11.3 Å². The second-order valence-corrected chi connectivity index (χ2v) is 2.50. The van der Waals surface area contributed by atoms with E-state index in [9.17, 15) is 8.78 Å². The van der Waals surface area contributed by atoms with Crippen LogP contribution in [0.3, 0.4) is 0 Å². The summed E-state index contributed by atoms with van der Waals surface area (Å²) in [5, 5.41) is 0. The van der Waals surface area contributed by atoms with Crippen molar-refractivity contribution >= 4 is 11.5 Å². The van der Waals surface area contributed by atoms with E-state index < -0.39 is 12.0 Å². The predicted octanol–water partition coefficient (Wildman–Crippen LogP) is 0.642. The van der Waals surface area contributed by atoms with E-state index in [4.69, 9.17) is 17.2 Å². The molecule has 0 amide bonds. The van der Waals surface area contributed by atoms with Crippen molar-refractivity contribution in [3.8, 4) is 0 Å². The third-order valence-electron chi connectivity index (χ3n) is 1.71. The van der Waals surface area contributed by atoms with Crippen LogP contribution in [-0.2, 0) is 6.54 Å². The first-order chi connectivity index (χ1) is 6.07. The Hall–Kier alpha value is -1.43. The van der Waals surface area contributed by atoms with Gasteiger partial charge in [-0.25, -0.2) is 13.8 Å². The van der Waals surface area contributed by atoms with E-state index in [1.54, 1.807) is 0 Å². The number of nitrogen functional groups attached to an aromatic ring is 2. The van der Waals surface area contributed by atoms with E-state index >= 15 is 0 Å². The summed E-state index contributed by atoms with van der Waals surface area (Å²) >= 11 is 0. The molecule has 1 aromatic rings. The minimum atomic E-state index is -2.72. The molecule has 0 spiro atoms. The zero-order chi connectivity index (χ0) is 10.0. The van der Waals surface area contributed by atoms with Crippen LogP contribution in [0.2, 0.25) is 0 Å². The van der Waals surface area contributed by atoms with Crippen LogP contribution in [0.5, 0.6) is 0 Å². The molecule has 6 N–H and O–H groups in total. The average molecular weight is 188 g/mol. The number of anilines is 2. The second-order valence-electron chi connectivity index (χ2n) is 2.50. The standard InChI is InChI=1S/C7H10F2N4/c8-6(9)4-5(11)3(1-10)2-13-7(4)12/h2,6H,1,10H2,(H4,11,12,13). The van der Waals surface area contributed by atoms with Gasteiger partial charge in [-0.15, -0.1) is 0 Å². The van der Waals surface area contributed by atoms with Crippen LogP contribution in [0.4, 0.5) is 20.3 Å². The fourth-order valence-corrected chi connectivity index (χ4v) is 0.989. The summed E-state index contributed by atoms with van der Waals surface area (Å²) in [7, 11) is 0. The molecule has 72 valence electrons. The minimum absolute atomic E-state index is 0.0648. The number of nitrogens with zero attached hydrogens (tertiary/aromatic N) is 1. The lowest BCUT2D eigenvalue weighted by Gasteiger charge is -2.10. The molecule has 1 rings (SSSR count). The van der Waals surface area contributed by atoms with Crippen molar-refractivity contribution in [1.82, 2.24) is 4.98 Å². The zero-order valence-electron chi connectivity index (χ0n) is 6.80. The summed E-state index contributed by atoms with van der Waals surface area (Å²) in [5.74, 6) is -0.246. The first kappa shape index (κ1) is 9.66. The Morgan fingerprint density at radius 3 is 2.46 bits per heavy atom. The number of halogens is 2. The quantitative estimate of drug-likeness (QED) is 0.635. The Morgan fingerprint density at radius 1 is 1.38 bits per heavy atom. The summed E-state index contributed by atoms with van der Waals surface area (Å²) < 4.78 is 24.7. The molecule has 1 aromatic heterocycles. The van der Waals surface area contributed by atoms with Crippen molar-refractivity contribution in [2.75, 3.05) is 11.5 Å². The van der Waals surface area contributed by atoms with Crippen molar-refractivity contribution in [2.45, 2.75) is 13.0 Å². The van der Waals surface area contributed by atoms with Gasteiger partial charge in [0.25, 0.3) is 6.43 Å². The van der Waals surface area contributed by atoms with Crippen LogP contribution in [0.1, 0.15) is 17.6 Å². The molecule has 0 aliphatic carbocycles. The van der Waals surface area contributed by atoms with Gasteiger partial charge >= 0.3 is 0 Å². The highest BCUT2D eigenvalue weighted by Crippen LogP contribution is 2.30. The fourth-order valence-electron chi connectivity index (χ4n) is 0.989. The Labute approximate surface area is 73.7 Å². The van der Waals surface area contributed by atoms with Crippen LogP contribution in [0.15, 0.2) is 6.20 Å². The molecule has 1 heterocycles. The number of rotatable bonds is 2. The maximum absolute atomic E-state index is 12.4. The Kier molecular flexibility index (Phi) is 2.62. The summed E-state index contributed by atoms with van der Waals surface area (Å²) in [5.41, 5.74) is 15.8. The predicted molar refractivity (Wildman–Crippen MR) is 45.9 cm³/mol. The van der Waals surface area contributed by atoms with Crippen molar-refractivity contribution in [1.29, 1.82) is 0 Å². The molecule has 0 aromatic carbocycles. The van der Waals surface area contributed by atoms with E-state index in [-0.39, 0.29) is 18.1 Å². The molecule has 6 heteroatoms. The third kappa shape index (κ3) is 1.67. The number of pyridine rings is 1. The van der Waals surface area contributed by atoms with Crippen molar-refractivity contribution < 1.29 is 8.78 Å². The van der Waals surface area contributed by atoms with Gasteiger partial charge in [-0.1, -0.05) is 0 Å². The second kappa shape index (κ2) is 3.53. The summed E-state index contributed by atoms with van der Waals surface area (Å²) in [6.45, 7) is 0.0683. The van der Waals surface area contributed by atoms with Gasteiger partial charge < -0.3 is 17.2 Å². The first-order valence-corrected chi connectivity index (χ1v) is 3.58. The van der Waals surface area contributed by atoms with Crippen LogP contribution < -0.4 is 17.2 Å². The van der Waals surface area contributed by atoms with E-state index in [0.717, 1.165) is 0 Å². The van der Waals surface area contributed by atoms with Gasteiger partial charge in [-0.05, 0) is 0 Å². The highest BCUT2D eigenvalue weighted by molar-refractivity contribution is 5.61. The number of hydrogen-bond acceptors (Lipinski definition) is 4. The van der Waals surface area contributed by atoms with E-state index in [1.165, 1.54) is 6.20 Å². The van der Waals surface area contributed by atoms with Crippen LogP contribution in [0, 0.1) is 0 Å². The van der Waals surface area contributed by atoms with Crippen molar-refractivity contribution in [3.63, 3.8) is 0 Å². The molecule has 4 nitrogen and oxygen atoms in total. The van der Waals surface area contributed by atoms with E-state index in [2.05, 4.69) is 4.98 Å². The molecular formula is C7H10F2N4. The number of nitrogens with two attached hydrogens (primary N) is 3. The molecule has 0 fully saturated rings. The highest BCUT2D eigenvalue weighted by atomic mass is 19.3. The molecule has 0 aliphatic rings. The largest absolute Gasteiger partial charge is 0.398 e. The minimum Gasteiger partial charge on any atom is -0.398 e. The molecule has 0 atom stereocenters. The van der Waals surface area contributed by atoms with Crippen LogP contribution in [0.25, 0.3) is 0 Å². The lowest BCUT2D eigenvalue weighted by atomic mass is 10.1. The number of alkyl halides is 2. The summed E-state index contributed by atoms with van der Waals surface area (Å²) in [6.07, 6.45) is -1.42. The summed E-state index contributed by atoms with van der Waals surface area (Å²) in [4.78, 5) is 3.57. The number of hydrogen-bond donors (Lipinski definition) is 3. The molecule has 0 unspecified atom stereocenters. The maximum atomic E-state index is 12.4. The number of aromatic nitrogens is 1. The molecule has 0 saturated carbocycles. The first-order valence-electron chi connectivity index (χ1n) is 3.58. The third-order valence-corrected chi connectivity index (χ3v) is 1.71. The lowest BCUT2D eigenvalue weighted by molar-refractivity contribution is 0.152. The van der Waals surface area contributed by atoms with E-state index in [1.807, 2.05) is 0 Å². The van der Waals surface area contributed by atoms with Crippen molar-refractivity contribution in [2.24, 2.45) is 5.73 Å². The van der Waals surface area contributed by atoms with Gasteiger partial charge in [0.1, 0.15) is 5.82 Å². The monoisotopic (exact) mass is 188 g/mol. The van der Waals surface area contributed by atoms with E-state index in [0.29, 0.717) is 5.56 Å². The van der Waals surface area contributed by atoms with Gasteiger partial charge in [0, 0.05) is 18.3 Å². The zero-order valence-corrected chi connectivity index (χ0v) is 6.80. The van der Waals surface area contributed by atoms with Gasteiger partial charge in [-0.3, -0.25) is 0 Å². The smallest absolute Gasteiger partial charge is 0.269 e. The summed E-state index contributed by atoms with van der Waals surface area (Å²) in [6, 6.07) is 0. The molecule has 0 radical (unpaired) electrons. The Bertz CT molecular complexity index is 314. The van der Waals surface area contributed by atoms with Gasteiger partial charge in [0.2, 0.25) is 0 Å². The lowest BCUT2D eigenvalue weighted by Crippen LogP contribution is -2.09. The SMILES string of the molecule is NCc1cnc(N)c(C(F)F)c1N. The molecular weight excluding hydrogens is 178 g/mol. The fraction of sp³-hybridized carbons (Fsp3) is 0.286. The Morgan fingerprint density at radius 2 is 2.00 bits per heavy atom. The molecule has 13 heavy (non-hydrogen) atoms. The topological polar surface area (TPSA) is 90.9 Å². The molecule has 0 bridgehead atoms. The highest BCUT2D eigenvalue weighted by Gasteiger charge is 2.18.